The summed E-state index contributed by atoms with van der Waals surface area (Å²) in [4.78, 5) is 12.8. The lowest BCUT2D eigenvalue weighted by atomic mass is 9.73. The second-order valence-corrected chi connectivity index (χ2v) is 6.32. The van der Waals surface area contributed by atoms with Gasteiger partial charge in [-0.15, -0.1) is 0 Å². The Morgan fingerprint density at radius 3 is 2.70 bits per heavy atom. The number of carbonyl (C=O) groups excluding carboxylic acids is 1. The molecule has 3 nitrogen and oxygen atoms in total. The number of carbonyl (C=O) groups is 1. The van der Waals surface area contributed by atoms with Crippen LogP contribution in [0, 0.1) is 16.7 Å². The minimum atomic E-state index is -0.534. The minimum Gasteiger partial charge on any atom is -0.356 e. The van der Waals surface area contributed by atoms with Crippen molar-refractivity contribution in [2.24, 2.45) is 5.41 Å². The topological polar surface area (TPSA) is 52.9 Å². The van der Waals surface area contributed by atoms with Crippen LogP contribution in [-0.2, 0) is 11.2 Å². The Morgan fingerprint density at radius 1 is 1.30 bits per heavy atom. The number of amides is 1. The van der Waals surface area contributed by atoms with Crippen molar-refractivity contribution in [2.45, 2.75) is 26.2 Å². The fraction of sp³-hybridized carbons (Fsp3) is 0.300. The highest BCUT2D eigenvalue weighted by atomic mass is 16.2. The molecule has 0 radical (unpaired) electrons. The van der Waals surface area contributed by atoms with Crippen molar-refractivity contribution in [3.63, 3.8) is 0 Å². The molecule has 0 saturated carbocycles. The molecule has 116 valence electrons. The summed E-state index contributed by atoms with van der Waals surface area (Å²) in [6, 6.07) is 18.1. The number of hydrogen-bond donors (Lipinski definition) is 1. The Labute approximate surface area is 137 Å². The average molecular weight is 304 g/mol. The van der Waals surface area contributed by atoms with Crippen LogP contribution in [-0.4, -0.2) is 12.5 Å². The minimum absolute atomic E-state index is 0.0291. The molecule has 2 aromatic carbocycles. The first-order valence-electron chi connectivity index (χ1n) is 7.96. The average Bonchev–Trinajstić information content (AvgIpc) is 2.88. The van der Waals surface area contributed by atoms with Crippen molar-refractivity contribution >= 4 is 5.91 Å². The first-order chi connectivity index (χ1) is 11.1. The summed E-state index contributed by atoms with van der Waals surface area (Å²) in [7, 11) is 0. The van der Waals surface area contributed by atoms with Gasteiger partial charge in [-0.3, -0.25) is 4.79 Å². The zero-order chi connectivity index (χ0) is 16.4. The van der Waals surface area contributed by atoms with Gasteiger partial charge in [0.25, 0.3) is 0 Å². The van der Waals surface area contributed by atoms with Crippen LogP contribution in [0.25, 0.3) is 0 Å². The molecule has 0 aliphatic heterocycles. The molecule has 23 heavy (non-hydrogen) atoms. The standard InChI is InChI=1S/C20H20N2O/c1-3-22-19(23)20(2)12-16-10-9-14(13-21)11-17(16)18(20)15-7-5-4-6-8-15/h4-11,18H,3,12H2,1-2H3,(H,22,23)/t18-,20+/m0/s1. The van der Waals surface area contributed by atoms with E-state index in [0.717, 1.165) is 16.7 Å². The second-order valence-electron chi connectivity index (χ2n) is 6.32. The van der Waals surface area contributed by atoms with Crippen LogP contribution in [0.2, 0.25) is 0 Å². The van der Waals surface area contributed by atoms with Crippen molar-refractivity contribution in [1.82, 2.24) is 5.32 Å². The summed E-state index contributed by atoms with van der Waals surface area (Å²) >= 11 is 0. The molecule has 2 aromatic rings. The van der Waals surface area contributed by atoms with E-state index in [9.17, 15) is 10.1 Å². The van der Waals surface area contributed by atoms with Gasteiger partial charge >= 0.3 is 0 Å². The van der Waals surface area contributed by atoms with Gasteiger partial charge in [0.1, 0.15) is 0 Å². The van der Waals surface area contributed by atoms with Crippen LogP contribution in [0.3, 0.4) is 0 Å². The van der Waals surface area contributed by atoms with Crippen molar-refractivity contribution in [3.8, 4) is 6.07 Å². The Bertz CT molecular complexity index is 776. The molecular weight excluding hydrogens is 284 g/mol. The van der Waals surface area contributed by atoms with Crippen molar-refractivity contribution in [2.75, 3.05) is 6.54 Å². The zero-order valence-corrected chi connectivity index (χ0v) is 13.5. The number of nitrogens with one attached hydrogen (secondary N) is 1. The van der Waals surface area contributed by atoms with Crippen molar-refractivity contribution in [1.29, 1.82) is 5.26 Å². The normalized spacial score (nSPS) is 22.2. The molecule has 1 aliphatic carbocycles. The predicted molar refractivity (Wildman–Crippen MR) is 89.9 cm³/mol. The molecule has 0 saturated heterocycles. The summed E-state index contributed by atoms with van der Waals surface area (Å²) in [5, 5.41) is 12.2. The van der Waals surface area contributed by atoms with Gasteiger partial charge in [0.15, 0.2) is 0 Å². The lowest BCUT2D eigenvalue weighted by Crippen LogP contribution is -2.42. The number of nitrogens with zero attached hydrogens (tertiary/aromatic N) is 1. The van der Waals surface area contributed by atoms with Crippen LogP contribution in [0.1, 0.15) is 42.0 Å². The zero-order valence-electron chi connectivity index (χ0n) is 13.5. The van der Waals surface area contributed by atoms with E-state index < -0.39 is 5.41 Å². The highest BCUT2D eigenvalue weighted by Gasteiger charge is 2.48. The molecule has 3 rings (SSSR count). The van der Waals surface area contributed by atoms with E-state index in [1.807, 2.05) is 50.2 Å². The summed E-state index contributed by atoms with van der Waals surface area (Å²) in [5.74, 6) is 0.0436. The molecule has 0 spiro atoms. The molecule has 3 heteroatoms. The molecule has 0 aromatic heterocycles. The van der Waals surface area contributed by atoms with Crippen LogP contribution < -0.4 is 5.32 Å². The van der Waals surface area contributed by atoms with Crippen LogP contribution in [0.15, 0.2) is 48.5 Å². The largest absolute Gasteiger partial charge is 0.356 e. The summed E-state index contributed by atoms with van der Waals surface area (Å²) in [6.07, 6.45) is 0.694. The summed E-state index contributed by atoms with van der Waals surface area (Å²) in [6.45, 7) is 4.59. The monoisotopic (exact) mass is 304 g/mol. The maximum atomic E-state index is 12.8. The van der Waals surface area contributed by atoms with Gasteiger partial charge in [-0.1, -0.05) is 36.4 Å². The summed E-state index contributed by atoms with van der Waals surface area (Å²) in [5.41, 5.74) is 3.49. The Hall–Kier alpha value is -2.60. The third-order valence-electron chi connectivity index (χ3n) is 4.77. The SMILES string of the molecule is CCNC(=O)[C@]1(C)Cc2ccc(C#N)cc2[C@@H]1c1ccccc1. The van der Waals surface area contributed by atoms with Crippen LogP contribution in [0.5, 0.6) is 0 Å². The Balaban J connectivity index is 2.16. The van der Waals surface area contributed by atoms with Gasteiger partial charge < -0.3 is 5.32 Å². The fourth-order valence-corrected chi connectivity index (χ4v) is 3.70. The van der Waals surface area contributed by atoms with Gasteiger partial charge in [-0.25, -0.2) is 0 Å². The lowest BCUT2D eigenvalue weighted by Gasteiger charge is -2.31. The van der Waals surface area contributed by atoms with Gasteiger partial charge in [0.2, 0.25) is 5.91 Å². The van der Waals surface area contributed by atoms with E-state index in [1.165, 1.54) is 0 Å². The molecule has 2 atom stereocenters. The number of hydrogen-bond acceptors (Lipinski definition) is 2. The Kier molecular flexibility index (Phi) is 3.92. The predicted octanol–water partition coefficient (Wildman–Crippen LogP) is 3.39. The fourth-order valence-electron chi connectivity index (χ4n) is 3.70. The van der Waals surface area contributed by atoms with E-state index in [-0.39, 0.29) is 11.8 Å². The van der Waals surface area contributed by atoms with Crippen LogP contribution >= 0.6 is 0 Å². The van der Waals surface area contributed by atoms with Gasteiger partial charge in [-0.05, 0) is 49.1 Å². The number of benzene rings is 2. The number of fused-ring (bicyclic) bond motifs is 1. The molecular formula is C20H20N2O. The molecule has 0 heterocycles. The number of rotatable bonds is 3. The molecule has 1 amide bonds. The number of nitriles is 1. The maximum absolute atomic E-state index is 12.8. The van der Waals surface area contributed by atoms with E-state index in [1.54, 1.807) is 0 Å². The molecule has 0 unspecified atom stereocenters. The van der Waals surface area contributed by atoms with E-state index >= 15 is 0 Å². The highest BCUT2D eigenvalue weighted by molar-refractivity contribution is 5.86. The molecule has 1 N–H and O–H groups in total. The van der Waals surface area contributed by atoms with Crippen LogP contribution in [0.4, 0.5) is 0 Å². The van der Waals surface area contributed by atoms with Crippen molar-refractivity contribution in [3.05, 3.63) is 70.8 Å². The lowest BCUT2D eigenvalue weighted by molar-refractivity contribution is -0.130. The third-order valence-corrected chi connectivity index (χ3v) is 4.77. The van der Waals surface area contributed by atoms with E-state index in [4.69, 9.17) is 0 Å². The summed E-state index contributed by atoms with van der Waals surface area (Å²) < 4.78 is 0. The quantitative estimate of drug-likeness (QED) is 0.945. The molecule has 0 fully saturated rings. The maximum Gasteiger partial charge on any atom is 0.227 e. The van der Waals surface area contributed by atoms with Gasteiger partial charge in [0, 0.05) is 12.5 Å². The first-order valence-corrected chi connectivity index (χ1v) is 7.96. The smallest absolute Gasteiger partial charge is 0.227 e. The van der Waals surface area contributed by atoms with E-state index in [2.05, 4.69) is 23.5 Å². The van der Waals surface area contributed by atoms with Gasteiger partial charge in [-0.2, -0.15) is 5.26 Å². The highest BCUT2D eigenvalue weighted by Crippen LogP contribution is 2.51. The third kappa shape index (κ3) is 2.51. The molecule has 1 aliphatic rings. The Morgan fingerprint density at radius 2 is 2.04 bits per heavy atom. The van der Waals surface area contributed by atoms with Gasteiger partial charge in [0.05, 0.1) is 17.0 Å². The molecule has 0 bridgehead atoms. The first kappa shape index (κ1) is 15.3. The van der Waals surface area contributed by atoms with E-state index in [0.29, 0.717) is 18.5 Å². The second kappa shape index (κ2) is 5.89. The van der Waals surface area contributed by atoms with Crippen molar-refractivity contribution < 1.29 is 4.79 Å².